The Kier molecular flexibility index (Phi) is 6.72. The number of methoxy groups -OCH3 is 2. The number of rotatable bonds is 8. The number of hydrogen-bond acceptors (Lipinski definition) is 6. The highest BCUT2D eigenvalue weighted by atomic mass is 16.5. The monoisotopic (exact) mass is 283 g/mol. The molecule has 0 N–H and O–H groups in total. The van der Waals surface area contributed by atoms with Gasteiger partial charge in [0, 0.05) is 39.1 Å². The van der Waals surface area contributed by atoms with Gasteiger partial charge in [0.05, 0.1) is 20.1 Å². The third kappa shape index (κ3) is 4.34. The van der Waals surface area contributed by atoms with Crippen molar-refractivity contribution in [2.75, 3.05) is 38.8 Å². The number of aryl methyl sites for hydroxylation is 1. The lowest BCUT2D eigenvalue weighted by molar-refractivity contribution is -0.140. The van der Waals surface area contributed by atoms with Crippen molar-refractivity contribution in [2.24, 2.45) is 0 Å². The smallest absolute Gasteiger partial charge is 0.307 e. The van der Waals surface area contributed by atoms with Gasteiger partial charge in [-0.1, -0.05) is 0 Å². The van der Waals surface area contributed by atoms with Gasteiger partial charge in [0.25, 0.3) is 5.56 Å². The van der Waals surface area contributed by atoms with Gasteiger partial charge in [-0.15, -0.1) is 0 Å². The van der Waals surface area contributed by atoms with Crippen LogP contribution in [0.4, 0.5) is 5.82 Å². The van der Waals surface area contributed by atoms with Crippen molar-refractivity contribution in [3.05, 3.63) is 22.7 Å². The molecule has 20 heavy (non-hydrogen) atoms. The average molecular weight is 283 g/mol. The van der Waals surface area contributed by atoms with Crippen LogP contribution in [0.3, 0.4) is 0 Å². The molecule has 0 saturated carbocycles. The van der Waals surface area contributed by atoms with E-state index in [0.29, 0.717) is 32.1 Å². The molecule has 7 nitrogen and oxygen atoms in total. The Balaban J connectivity index is 2.92. The molecule has 112 valence electrons. The normalized spacial score (nSPS) is 10.3. The predicted molar refractivity (Wildman–Crippen MR) is 74.9 cm³/mol. The van der Waals surface area contributed by atoms with E-state index in [4.69, 9.17) is 4.74 Å². The minimum atomic E-state index is -0.320. The quantitative estimate of drug-likeness (QED) is 0.638. The molecular weight excluding hydrogens is 262 g/mol. The molecule has 1 rings (SSSR count). The van der Waals surface area contributed by atoms with E-state index in [0.717, 1.165) is 0 Å². The highest BCUT2D eigenvalue weighted by Crippen LogP contribution is 2.05. The minimum Gasteiger partial charge on any atom is -0.469 e. The van der Waals surface area contributed by atoms with Gasteiger partial charge in [-0.25, -0.2) is 4.98 Å². The van der Waals surface area contributed by atoms with Crippen LogP contribution in [0.2, 0.25) is 0 Å². The molecule has 0 aromatic carbocycles. The van der Waals surface area contributed by atoms with Gasteiger partial charge in [-0.2, -0.15) is 0 Å². The number of esters is 1. The maximum atomic E-state index is 12.2. The molecular formula is C13H21N3O4. The molecule has 1 heterocycles. The zero-order chi connectivity index (χ0) is 15.0. The number of ether oxygens (including phenoxy) is 2. The second kappa shape index (κ2) is 8.31. The predicted octanol–water partition coefficient (Wildman–Crippen LogP) is 0.279. The van der Waals surface area contributed by atoms with Gasteiger partial charge in [0.1, 0.15) is 0 Å². The van der Waals surface area contributed by atoms with Crippen molar-refractivity contribution in [2.45, 2.75) is 19.9 Å². The Morgan fingerprint density at radius 2 is 2.15 bits per heavy atom. The van der Waals surface area contributed by atoms with Crippen LogP contribution in [0.1, 0.15) is 13.3 Å². The van der Waals surface area contributed by atoms with Crippen molar-refractivity contribution < 1.29 is 14.3 Å². The highest BCUT2D eigenvalue weighted by molar-refractivity contribution is 5.69. The summed E-state index contributed by atoms with van der Waals surface area (Å²) in [7, 11) is 2.92. The highest BCUT2D eigenvalue weighted by Gasteiger charge is 2.15. The van der Waals surface area contributed by atoms with Crippen molar-refractivity contribution in [3.8, 4) is 0 Å². The van der Waals surface area contributed by atoms with Gasteiger partial charge in [-0.3, -0.25) is 9.59 Å². The molecule has 0 aliphatic rings. The summed E-state index contributed by atoms with van der Waals surface area (Å²) in [5.41, 5.74) is -0.170. The van der Waals surface area contributed by atoms with E-state index >= 15 is 0 Å². The third-order valence-electron chi connectivity index (χ3n) is 2.91. The lowest BCUT2D eigenvalue weighted by Gasteiger charge is -2.22. The fraction of sp³-hybridized carbons (Fsp3) is 0.615. The van der Waals surface area contributed by atoms with Crippen LogP contribution in [0.25, 0.3) is 0 Å². The lowest BCUT2D eigenvalue weighted by Crippen LogP contribution is -2.36. The first-order valence-corrected chi connectivity index (χ1v) is 6.50. The van der Waals surface area contributed by atoms with Crippen molar-refractivity contribution >= 4 is 11.8 Å². The fourth-order valence-corrected chi connectivity index (χ4v) is 1.76. The van der Waals surface area contributed by atoms with E-state index in [1.165, 1.54) is 7.11 Å². The second-order valence-electron chi connectivity index (χ2n) is 4.15. The van der Waals surface area contributed by atoms with Crippen LogP contribution in [0.5, 0.6) is 0 Å². The number of anilines is 1. The molecule has 0 radical (unpaired) electrons. The summed E-state index contributed by atoms with van der Waals surface area (Å²) in [6.45, 7) is 3.77. The Hall–Kier alpha value is -1.89. The van der Waals surface area contributed by atoms with Gasteiger partial charge in [0.2, 0.25) is 0 Å². The number of aromatic nitrogens is 2. The summed E-state index contributed by atoms with van der Waals surface area (Å²) < 4.78 is 11.2. The topological polar surface area (TPSA) is 73.7 Å². The van der Waals surface area contributed by atoms with Crippen molar-refractivity contribution in [1.29, 1.82) is 0 Å². The molecule has 0 spiro atoms. The van der Waals surface area contributed by atoms with Crippen LogP contribution in [0.15, 0.2) is 17.2 Å². The van der Waals surface area contributed by atoms with Crippen LogP contribution in [-0.4, -0.2) is 49.4 Å². The van der Waals surface area contributed by atoms with Crippen LogP contribution < -0.4 is 10.5 Å². The van der Waals surface area contributed by atoms with Crippen LogP contribution in [-0.2, 0) is 20.8 Å². The van der Waals surface area contributed by atoms with E-state index in [9.17, 15) is 9.59 Å². The second-order valence-corrected chi connectivity index (χ2v) is 4.15. The van der Waals surface area contributed by atoms with Crippen LogP contribution in [0, 0.1) is 0 Å². The summed E-state index contributed by atoms with van der Waals surface area (Å²) in [5.74, 6) is 0.00877. The maximum Gasteiger partial charge on any atom is 0.307 e. The summed E-state index contributed by atoms with van der Waals surface area (Å²) in [5, 5.41) is 0. The maximum absolute atomic E-state index is 12.2. The van der Waals surface area contributed by atoms with E-state index in [1.54, 1.807) is 29.0 Å². The molecule has 0 unspecified atom stereocenters. The van der Waals surface area contributed by atoms with E-state index in [2.05, 4.69) is 9.72 Å². The van der Waals surface area contributed by atoms with Crippen molar-refractivity contribution in [1.82, 2.24) is 9.55 Å². The Bertz CT molecular complexity index is 487. The molecule has 0 fully saturated rings. The first-order valence-electron chi connectivity index (χ1n) is 6.50. The molecule has 0 bridgehead atoms. The SMILES string of the molecule is CCn1ccnc(N(CCOC)CCC(=O)OC)c1=O. The number of hydrogen-bond donors (Lipinski definition) is 0. The Morgan fingerprint density at radius 3 is 2.75 bits per heavy atom. The summed E-state index contributed by atoms with van der Waals surface area (Å²) in [6, 6.07) is 0. The molecule has 1 aromatic rings. The van der Waals surface area contributed by atoms with E-state index in [1.807, 2.05) is 6.92 Å². The number of nitrogens with zero attached hydrogens (tertiary/aromatic N) is 3. The van der Waals surface area contributed by atoms with E-state index < -0.39 is 0 Å². The van der Waals surface area contributed by atoms with Gasteiger partial charge in [0.15, 0.2) is 5.82 Å². The summed E-state index contributed by atoms with van der Waals surface area (Å²) in [6.07, 6.45) is 3.42. The minimum absolute atomic E-state index is 0.170. The zero-order valence-electron chi connectivity index (χ0n) is 12.2. The van der Waals surface area contributed by atoms with Gasteiger partial charge >= 0.3 is 5.97 Å². The van der Waals surface area contributed by atoms with Crippen molar-refractivity contribution in [3.63, 3.8) is 0 Å². The summed E-state index contributed by atoms with van der Waals surface area (Å²) >= 11 is 0. The molecule has 0 amide bonds. The Morgan fingerprint density at radius 1 is 1.40 bits per heavy atom. The Labute approximate surface area is 118 Å². The summed E-state index contributed by atoms with van der Waals surface area (Å²) in [4.78, 5) is 29.3. The molecule has 0 atom stereocenters. The zero-order valence-corrected chi connectivity index (χ0v) is 12.2. The molecule has 0 aliphatic carbocycles. The fourth-order valence-electron chi connectivity index (χ4n) is 1.76. The largest absolute Gasteiger partial charge is 0.469 e. The lowest BCUT2D eigenvalue weighted by atomic mass is 10.3. The van der Waals surface area contributed by atoms with Gasteiger partial charge < -0.3 is 18.9 Å². The molecule has 1 aromatic heterocycles. The van der Waals surface area contributed by atoms with E-state index in [-0.39, 0.29) is 17.9 Å². The number of carbonyl (C=O) groups is 1. The first-order chi connectivity index (χ1) is 9.63. The molecule has 0 aliphatic heterocycles. The standard InChI is InChI=1S/C13H21N3O4/c1-4-15-8-6-14-12(13(15)18)16(9-10-19-2)7-5-11(17)20-3/h6,8H,4-5,7,9-10H2,1-3H3. The molecule has 0 saturated heterocycles. The third-order valence-corrected chi connectivity index (χ3v) is 2.91. The van der Waals surface area contributed by atoms with Crippen LogP contribution >= 0.6 is 0 Å². The van der Waals surface area contributed by atoms with Gasteiger partial charge in [-0.05, 0) is 6.92 Å². The molecule has 7 heteroatoms. The number of carbonyl (C=O) groups excluding carboxylic acids is 1. The first kappa shape index (κ1) is 16.2. The average Bonchev–Trinajstić information content (AvgIpc) is 2.47.